The predicted molar refractivity (Wildman–Crippen MR) is 52.7 cm³/mol. The van der Waals surface area contributed by atoms with Crippen molar-refractivity contribution in [3.8, 4) is 24.7 Å². The van der Waals surface area contributed by atoms with Gasteiger partial charge >= 0.3 is 0 Å². The highest BCUT2D eigenvalue weighted by Crippen LogP contribution is 2.29. The lowest BCUT2D eigenvalue weighted by Gasteiger charge is -2.25. The van der Waals surface area contributed by atoms with Gasteiger partial charge in [0.05, 0.1) is 0 Å². The van der Waals surface area contributed by atoms with E-state index < -0.39 is 0 Å². The monoisotopic (exact) mass is 174 g/mol. The summed E-state index contributed by atoms with van der Waals surface area (Å²) in [6.45, 7) is 0. The molecule has 0 radical (unpaired) electrons. The molecular weight excluding hydrogens is 160 g/mol. The Kier molecular flexibility index (Phi) is 3.59. The number of hydrogen-bond donors (Lipinski definition) is 0. The van der Waals surface area contributed by atoms with Gasteiger partial charge in [0.25, 0.3) is 0 Å². The van der Waals surface area contributed by atoms with E-state index in [2.05, 4.69) is 11.8 Å². The highest BCUT2D eigenvalue weighted by atomic mass is 16.1. The van der Waals surface area contributed by atoms with Crippen LogP contribution in [-0.2, 0) is 4.79 Å². The largest absolute Gasteiger partial charge is 0.299 e. The van der Waals surface area contributed by atoms with Crippen molar-refractivity contribution < 1.29 is 4.79 Å². The second kappa shape index (κ2) is 4.73. The van der Waals surface area contributed by atoms with Crippen LogP contribution in [0.25, 0.3) is 0 Å². The van der Waals surface area contributed by atoms with Gasteiger partial charge in [0, 0.05) is 24.7 Å². The minimum absolute atomic E-state index is 0.0806. The van der Waals surface area contributed by atoms with Gasteiger partial charge in [-0.15, -0.1) is 24.7 Å². The van der Waals surface area contributed by atoms with Crippen molar-refractivity contribution in [3.05, 3.63) is 0 Å². The normalized spacial score (nSPS) is 27.7. The maximum Gasteiger partial charge on any atom is 0.140 e. The summed E-state index contributed by atoms with van der Waals surface area (Å²) in [5, 5.41) is 0. The van der Waals surface area contributed by atoms with Crippen molar-refractivity contribution in [2.24, 2.45) is 11.8 Å². The molecular formula is C12H14O. The van der Waals surface area contributed by atoms with Crippen LogP contribution >= 0.6 is 0 Å². The van der Waals surface area contributed by atoms with Crippen molar-refractivity contribution in [2.75, 3.05) is 0 Å². The zero-order valence-electron chi connectivity index (χ0n) is 7.75. The summed E-state index contributed by atoms with van der Waals surface area (Å²) in [4.78, 5) is 11.7. The van der Waals surface area contributed by atoms with Crippen molar-refractivity contribution in [2.45, 2.75) is 32.1 Å². The molecule has 0 heterocycles. The standard InChI is InChI=1S/C12H14O/c1-3-6-10-8-5-9-11(7-4-2)12(10)13/h1-2,10-11H,5-9H2. The summed E-state index contributed by atoms with van der Waals surface area (Å²) in [7, 11) is 0. The third-order valence-corrected chi connectivity index (χ3v) is 2.64. The van der Waals surface area contributed by atoms with Crippen molar-refractivity contribution in [1.82, 2.24) is 0 Å². The van der Waals surface area contributed by atoms with Gasteiger partial charge in [-0.1, -0.05) is 6.42 Å². The molecule has 1 saturated carbocycles. The molecule has 1 rings (SSSR count). The van der Waals surface area contributed by atoms with Crippen LogP contribution in [0.3, 0.4) is 0 Å². The fourth-order valence-corrected chi connectivity index (χ4v) is 1.92. The first kappa shape index (κ1) is 9.87. The van der Waals surface area contributed by atoms with Crippen LogP contribution in [0, 0.1) is 36.5 Å². The Bertz CT molecular complexity index is 238. The quantitative estimate of drug-likeness (QED) is 0.585. The van der Waals surface area contributed by atoms with Crippen LogP contribution in [0.4, 0.5) is 0 Å². The average molecular weight is 174 g/mol. The van der Waals surface area contributed by atoms with Crippen LogP contribution in [-0.4, -0.2) is 5.78 Å². The van der Waals surface area contributed by atoms with Crippen LogP contribution in [0.15, 0.2) is 0 Å². The molecule has 0 saturated heterocycles. The molecule has 1 aliphatic rings. The number of Topliss-reactive ketones (excluding diaryl/α,β-unsaturated/α-hetero) is 1. The third-order valence-electron chi connectivity index (χ3n) is 2.64. The maximum absolute atomic E-state index is 11.7. The molecule has 0 bridgehead atoms. The molecule has 2 unspecified atom stereocenters. The molecule has 68 valence electrons. The molecule has 1 aliphatic carbocycles. The molecule has 0 N–H and O–H groups in total. The van der Waals surface area contributed by atoms with Crippen LogP contribution in [0.2, 0.25) is 0 Å². The Morgan fingerprint density at radius 3 is 2.00 bits per heavy atom. The molecule has 0 aliphatic heterocycles. The number of ketones is 1. The molecule has 0 aromatic carbocycles. The summed E-state index contributed by atoms with van der Waals surface area (Å²) in [5.74, 6) is 5.57. The van der Waals surface area contributed by atoms with Gasteiger partial charge in [-0.25, -0.2) is 0 Å². The average Bonchev–Trinajstić information content (AvgIpc) is 2.13. The van der Waals surface area contributed by atoms with E-state index in [0.29, 0.717) is 18.6 Å². The van der Waals surface area contributed by atoms with E-state index in [9.17, 15) is 4.79 Å². The second-order valence-electron chi connectivity index (χ2n) is 3.54. The lowest BCUT2D eigenvalue weighted by molar-refractivity contribution is -0.128. The van der Waals surface area contributed by atoms with Crippen molar-refractivity contribution in [3.63, 3.8) is 0 Å². The topological polar surface area (TPSA) is 17.1 Å². The number of terminal acetylenes is 2. The molecule has 1 fully saturated rings. The summed E-state index contributed by atoms with van der Waals surface area (Å²) >= 11 is 0. The molecule has 1 heteroatoms. The molecule has 1 nitrogen and oxygen atoms in total. The van der Waals surface area contributed by atoms with Crippen molar-refractivity contribution in [1.29, 1.82) is 0 Å². The fraction of sp³-hybridized carbons (Fsp3) is 0.583. The SMILES string of the molecule is C#CCC1CCCC(CC#C)C1=O. The highest BCUT2D eigenvalue weighted by Gasteiger charge is 2.29. The molecule has 0 spiro atoms. The summed E-state index contributed by atoms with van der Waals surface area (Å²) in [6.07, 6.45) is 14.5. The van der Waals surface area contributed by atoms with E-state index in [0.717, 1.165) is 19.3 Å². The minimum atomic E-state index is 0.0806. The molecule has 0 amide bonds. The Labute approximate surface area is 79.9 Å². The first-order chi connectivity index (χ1) is 6.29. The van der Waals surface area contributed by atoms with E-state index in [1.807, 2.05) is 0 Å². The molecule has 0 aromatic heterocycles. The Morgan fingerprint density at radius 1 is 1.15 bits per heavy atom. The highest BCUT2D eigenvalue weighted by molar-refractivity contribution is 5.84. The van der Waals surface area contributed by atoms with Gasteiger partial charge in [0.15, 0.2) is 0 Å². The van der Waals surface area contributed by atoms with E-state index in [-0.39, 0.29) is 11.8 Å². The Balaban J connectivity index is 2.57. The van der Waals surface area contributed by atoms with Gasteiger partial charge in [-0.05, 0) is 12.8 Å². The van der Waals surface area contributed by atoms with Gasteiger partial charge in [0.2, 0.25) is 0 Å². The van der Waals surface area contributed by atoms with Crippen LogP contribution < -0.4 is 0 Å². The van der Waals surface area contributed by atoms with E-state index in [4.69, 9.17) is 12.8 Å². The zero-order chi connectivity index (χ0) is 9.68. The number of hydrogen-bond acceptors (Lipinski definition) is 1. The van der Waals surface area contributed by atoms with E-state index in [1.165, 1.54) is 0 Å². The smallest absolute Gasteiger partial charge is 0.140 e. The van der Waals surface area contributed by atoms with Gasteiger partial charge in [0.1, 0.15) is 5.78 Å². The number of carbonyl (C=O) groups excluding carboxylic acids is 1. The Morgan fingerprint density at radius 2 is 1.62 bits per heavy atom. The summed E-state index contributed by atoms with van der Waals surface area (Å²) in [5.41, 5.74) is 0. The van der Waals surface area contributed by atoms with Gasteiger partial charge < -0.3 is 0 Å². The molecule has 0 aromatic rings. The lowest BCUT2D eigenvalue weighted by atomic mass is 9.77. The molecule has 2 atom stereocenters. The fourth-order valence-electron chi connectivity index (χ4n) is 1.92. The third kappa shape index (κ3) is 2.36. The molecule has 13 heavy (non-hydrogen) atoms. The van der Waals surface area contributed by atoms with E-state index >= 15 is 0 Å². The summed E-state index contributed by atoms with van der Waals surface area (Å²) in [6, 6.07) is 0. The second-order valence-corrected chi connectivity index (χ2v) is 3.54. The van der Waals surface area contributed by atoms with Crippen LogP contribution in [0.1, 0.15) is 32.1 Å². The first-order valence-electron chi connectivity index (χ1n) is 4.70. The minimum Gasteiger partial charge on any atom is -0.299 e. The zero-order valence-corrected chi connectivity index (χ0v) is 7.75. The maximum atomic E-state index is 11.7. The number of carbonyl (C=O) groups is 1. The predicted octanol–water partition coefficient (Wildman–Crippen LogP) is 2.02. The van der Waals surface area contributed by atoms with Gasteiger partial charge in [-0.2, -0.15) is 0 Å². The number of rotatable bonds is 2. The lowest BCUT2D eigenvalue weighted by Crippen LogP contribution is -2.27. The first-order valence-corrected chi connectivity index (χ1v) is 4.70. The van der Waals surface area contributed by atoms with Crippen LogP contribution in [0.5, 0.6) is 0 Å². The van der Waals surface area contributed by atoms with Crippen molar-refractivity contribution >= 4 is 5.78 Å². The summed E-state index contributed by atoms with van der Waals surface area (Å²) < 4.78 is 0. The Hall–Kier alpha value is -1.21. The van der Waals surface area contributed by atoms with E-state index in [1.54, 1.807) is 0 Å². The van der Waals surface area contributed by atoms with Gasteiger partial charge in [-0.3, -0.25) is 4.79 Å².